The van der Waals surface area contributed by atoms with E-state index in [0.29, 0.717) is 36.9 Å². The molecule has 0 aliphatic heterocycles. The number of benzene rings is 1. The Balaban J connectivity index is 1.19. The normalized spacial score (nSPS) is 14.5. The molecule has 0 amide bonds. The Morgan fingerprint density at radius 3 is 2.33 bits per heavy atom. The van der Waals surface area contributed by atoms with E-state index in [2.05, 4.69) is 15.6 Å². The predicted molar refractivity (Wildman–Crippen MR) is 159 cm³/mol. The van der Waals surface area contributed by atoms with E-state index in [1.165, 1.54) is 36.6 Å². The van der Waals surface area contributed by atoms with Gasteiger partial charge in [0.25, 0.3) is 10.9 Å². The topological polar surface area (TPSA) is 118 Å². The summed E-state index contributed by atoms with van der Waals surface area (Å²) in [5.74, 6) is 0.643. The highest BCUT2D eigenvalue weighted by Gasteiger charge is 2.24. The Hall–Kier alpha value is -3.08. The van der Waals surface area contributed by atoms with Gasteiger partial charge in [0.2, 0.25) is 10.0 Å². The summed E-state index contributed by atoms with van der Waals surface area (Å²) in [6.45, 7) is 1.14. The summed E-state index contributed by atoms with van der Waals surface area (Å²) in [5, 5.41) is 6.03. The third kappa shape index (κ3) is 8.71. The minimum Gasteiger partial charge on any atom is -0.380 e. The number of anilines is 3. The summed E-state index contributed by atoms with van der Waals surface area (Å²) >= 11 is 0. The van der Waals surface area contributed by atoms with E-state index in [1.807, 2.05) is 30.3 Å². The molecule has 0 spiro atoms. The summed E-state index contributed by atoms with van der Waals surface area (Å²) in [6, 6.07) is 13.0. The Kier molecular flexibility index (Phi) is 11.3. The van der Waals surface area contributed by atoms with E-state index in [9.17, 15) is 18.0 Å². The first kappa shape index (κ1) is 29.9. The van der Waals surface area contributed by atoms with Gasteiger partial charge in [0.15, 0.2) is 0 Å². The Bertz CT molecular complexity index is 1350. The molecule has 40 heavy (non-hydrogen) atoms. The number of pyridine rings is 1. The second-order valence-electron chi connectivity index (χ2n) is 10.5. The molecule has 0 radical (unpaired) electrons. The van der Waals surface area contributed by atoms with Gasteiger partial charge in [-0.25, -0.2) is 8.42 Å². The zero-order chi connectivity index (χ0) is 28.2. The van der Waals surface area contributed by atoms with Gasteiger partial charge in [0.05, 0.1) is 18.9 Å². The quantitative estimate of drug-likeness (QED) is 0.131. The molecule has 2 aromatic carbocycles. The van der Waals surface area contributed by atoms with E-state index in [0.717, 1.165) is 31.2 Å². The van der Waals surface area contributed by atoms with Crippen molar-refractivity contribution in [3.8, 4) is 0 Å². The zero-order valence-electron chi connectivity index (χ0n) is 23.0. The van der Waals surface area contributed by atoms with Crippen LogP contribution >= 0.6 is 0 Å². The fourth-order valence-corrected chi connectivity index (χ4v) is 6.44. The van der Waals surface area contributed by atoms with E-state index in [1.54, 1.807) is 24.5 Å². The van der Waals surface area contributed by atoms with Crippen molar-refractivity contribution in [3.63, 3.8) is 0 Å². The van der Waals surface area contributed by atoms with Crippen molar-refractivity contribution in [2.24, 2.45) is 5.92 Å². The van der Waals surface area contributed by atoms with Crippen LogP contribution in [0.25, 0.3) is 0 Å². The minimum atomic E-state index is -3.58. The van der Waals surface area contributed by atoms with Gasteiger partial charge in [-0.15, -0.1) is 0 Å². The number of rotatable bonds is 17. The second-order valence-corrected chi connectivity index (χ2v) is 12.5. The molecule has 0 bridgehead atoms. The molecule has 9 nitrogen and oxygen atoms in total. The highest BCUT2D eigenvalue weighted by Crippen LogP contribution is 2.26. The molecular formula is C30H40N4O5S. The molecule has 1 heterocycles. The van der Waals surface area contributed by atoms with Crippen LogP contribution in [0.2, 0.25) is 0 Å². The molecular weight excluding hydrogens is 528 g/mol. The average Bonchev–Trinajstić information content (AvgIpc) is 2.98. The van der Waals surface area contributed by atoms with E-state index in [4.69, 9.17) is 4.84 Å². The van der Waals surface area contributed by atoms with Crippen LogP contribution in [-0.2, 0) is 21.4 Å². The number of hydrogen-bond acceptors (Lipinski definition) is 8. The van der Waals surface area contributed by atoms with Crippen LogP contribution in [0.5, 0.6) is 0 Å². The molecule has 1 aliphatic carbocycles. The van der Waals surface area contributed by atoms with Gasteiger partial charge in [-0.1, -0.05) is 79.7 Å². The van der Waals surface area contributed by atoms with Crippen molar-refractivity contribution < 1.29 is 13.3 Å². The maximum atomic E-state index is 13.2. The van der Waals surface area contributed by atoms with E-state index in [-0.39, 0.29) is 18.0 Å². The van der Waals surface area contributed by atoms with Gasteiger partial charge < -0.3 is 10.6 Å². The molecule has 2 N–H and O–H groups in total. The van der Waals surface area contributed by atoms with Crippen LogP contribution in [0.15, 0.2) is 64.4 Å². The minimum absolute atomic E-state index is 0.0227. The standard InChI is InChI=1S/C30H40N4O5S/c35-29-27(28(30(29)36)33-26-15-19-31-20-16-26)32-18-9-1-2-10-22-40(37,38)34(23-25-13-7-4-8-14-25)39-21-17-24-11-5-3-6-12-24/h4,7-8,13-16,19-20,24,32H,1-3,5-6,9-12,17-18,21-23H2,(H,31,33). The lowest BCUT2D eigenvalue weighted by atomic mass is 9.87. The number of unbranched alkanes of at least 4 members (excludes halogenated alkanes) is 3. The summed E-state index contributed by atoms with van der Waals surface area (Å²) in [5.41, 5.74) is 1.09. The number of nitrogens with one attached hydrogen (secondary N) is 2. The first-order valence-corrected chi connectivity index (χ1v) is 16.0. The van der Waals surface area contributed by atoms with Crippen molar-refractivity contribution in [2.75, 3.05) is 29.5 Å². The number of nitrogens with zero attached hydrogens (tertiary/aromatic N) is 2. The van der Waals surface area contributed by atoms with E-state index >= 15 is 0 Å². The van der Waals surface area contributed by atoms with Crippen molar-refractivity contribution in [3.05, 3.63) is 80.9 Å². The number of sulfonamides is 1. The zero-order valence-corrected chi connectivity index (χ0v) is 23.8. The van der Waals surface area contributed by atoms with Gasteiger partial charge in [-0.3, -0.25) is 19.4 Å². The second kappa shape index (κ2) is 15.1. The highest BCUT2D eigenvalue weighted by molar-refractivity contribution is 7.88. The van der Waals surface area contributed by atoms with Crippen molar-refractivity contribution in [2.45, 2.75) is 70.8 Å². The van der Waals surface area contributed by atoms with Crippen molar-refractivity contribution in [1.82, 2.24) is 9.45 Å². The lowest BCUT2D eigenvalue weighted by Gasteiger charge is -2.25. The number of aromatic nitrogens is 1. The summed E-state index contributed by atoms with van der Waals surface area (Å²) < 4.78 is 27.6. The third-order valence-corrected chi connectivity index (χ3v) is 9.10. The van der Waals surface area contributed by atoms with E-state index < -0.39 is 20.9 Å². The maximum Gasteiger partial charge on any atom is 0.253 e. The molecule has 1 aliphatic rings. The predicted octanol–water partition coefficient (Wildman–Crippen LogP) is 5.13. The Morgan fingerprint density at radius 2 is 1.57 bits per heavy atom. The smallest absolute Gasteiger partial charge is 0.253 e. The molecule has 4 rings (SSSR count). The van der Waals surface area contributed by atoms with Crippen LogP contribution in [0.3, 0.4) is 0 Å². The van der Waals surface area contributed by atoms with Gasteiger partial charge in [0.1, 0.15) is 11.4 Å². The SMILES string of the molecule is O=c1c(NCCCCCCS(=O)(=O)N(Cc2ccccc2)OCCC2CCCCC2)c(Nc2ccncc2)c1=O. The molecule has 10 heteroatoms. The first-order valence-electron chi connectivity index (χ1n) is 14.4. The lowest BCUT2D eigenvalue weighted by molar-refractivity contribution is -0.0960. The van der Waals surface area contributed by atoms with Crippen LogP contribution in [0, 0.1) is 5.92 Å². The largest absolute Gasteiger partial charge is 0.380 e. The molecule has 216 valence electrons. The van der Waals surface area contributed by atoms with Gasteiger partial charge >= 0.3 is 0 Å². The Morgan fingerprint density at radius 1 is 0.875 bits per heavy atom. The van der Waals surface area contributed by atoms with Gasteiger partial charge in [-0.2, -0.15) is 0 Å². The Labute approximate surface area is 236 Å². The van der Waals surface area contributed by atoms with Crippen molar-refractivity contribution >= 4 is 27.1 Å². The average molecular weight is 569 g/mol. The summed E-state index contributed by atoms with van der Waals surface area (Å²) in [7, 11) is -3.58. The fourth-order valence-electron chi connectivity index (χ4n) is 5.09. The molecule has 1 fully saturated rings. The highest BCUT2D eigenvalue weighted by atomic mass is 32.2. The molecule has 0 saturated heterocycles. The third-order valence-electron chi connectivity index (χ3n) is 7.44. The molecule has 0 unspecified atom stereocenters. The molecule has 1 saturated carbocycles. The monoisotopic (exact) mass is 568 g/mol. The lowest BCUT2D eigenvalue weighted by Crippen LogP contribution is -2.36. The number of hydroxylamine groups is 1. The summed E-state index contributed by atoms with van der Waals surface area (Å²) in [6.07, 6.45) is 13.1. The molecule has 3 aromatic rings. The van der Waals surface area contributed by atoms with Crippen LogP contribution in [0.1, 0.15) is 69.8 Å². The van der Waals surface area contributed by atoms with Crippen LogP contribution in [-0.4, -0.2) is 36.8 Å². The van der Waals surface area contributed by atoms with Crippen LogP contribution in [0.4, 0.5) is 17.1 Å². The molecule has 1 aromatic heterocycles. The van der Waals surface area contributed by atoms with Gasteiger partial charge in [-0.05, 0) is 42.9 Å². The fraction of sp³-hybridized carbons (Fsp3) is 0.500. The number of hydrogen-bond donors (Lipinski definition) is 2. The maximum absolute atomic E-state index is 13.2. The first-order chi connectivity index (χ1) is 19.4. The van der Waals surface area contributed by atoms with Gasteiger partial charge in [0, 0.05) is 24.6 Å². The summed E-state index contributed by atoms with van der Waals surface area (Å²) in [4.78, 5) is 33.8. The van der Waals surface area contributed by atoms with Crippen molar-refractivity contribution in [1.29, 1.82) is 0 Å². The molecule has 0 atom stereocenters. The van der Waals surface area contributed by atoms with Crippen LogP contribution < -0.4 is 21.5 Å².